The van der Waals surface area contributed by atoms with Crippen LogP contribution in [0, 0.1) is 5.92 Å². The molecule has 0 fully saturated rings. The lowest BCUT2D eigenvalue weighted by Crippen LogP contribution is -2.17. The summed E-state index contributed by atoms with van der Waals surface area (Å²) in [6.45, 7) is 8.68. The molecule has 1 aromatic rings. The maximum Gasteiger partial charge on any atom is 0.119 e. The molecule has 3 heteroatoms. The van der Waals surface area contributed by atoms with Crippen molar-refractivity contribution in [2.45, 2.75) is 46.1 Å². The molecule has 0 saturated carbocycles. The summed E-state index contributed by atoms with van der Waals surface area (Å²) in [7, 11) is 0. The summed E-state index contributed by atoms with van der Waals surface area (Å²) in [5.41, 5.74) is 7.22. The summed E-state index contributed by atoms with van der Waals surface area (Å²) in [4.78, 5) is 0. The molecule has 2 N–H and O–H groups in total. The Labute approximate surface area is 123 Å². The zero-order chi connectivity index (χ0) is 14.8. The Bertz CT molecular complexity index is 349. The lowest BCUT2D eigenvalue weighted by molar-refractivity contribution is 0.115. The van der Waals surface area contributed by atoms with Gasteiger partial charge in [0.05, 0.1) is 19.3 Å². The fraction of sp³-hybridized carbons (Fsp3) is 0.647. The van der Waals surface area contributed by atoms with Crippen molar-refractivity contribution in [2.75, 3.05) is 19.8 Å². The van der Waals surface area contributed by atoms with E-state index in [1.807, 2.05) is 24.3 Å². The van der Waals surface area contributed by atoms with Gasteiger partial charge in [0.15, 0.2) is 0 Å². The molecule has 1 rings (SSSR count). The van der Waals surface area contributed by atoms with E-state index in [1.54, 1.807) is 0 Å². The molecule has 1 atom stereocenters. The van der Waals surface area contributed by atoms with Gasteiger partial charge in [-0.1, -0.05) is 32.9 Å². The smallest absolute Gasteiger partial charge is 0.119 e. The van der Waals surface area contributed by atoms with Crippen LogP contribution < -0.4 is 10.5 Å². The van der Waals surface area contributed by atoms with E-state index in [2.05, 4.69) is 20.8 Å². The van der Waals surface area contributed by atoms with Crippen LogP contribution >= 0.6 is 0 Å². The third-order valence-corrected chi connectivity index (χ3v) is 3.15. The summed E-state index contributed by atoms with van der Waals surface area (Å²) < 4.78 is 11.2. The zero-order valence-corrected chi connectivity index (χ0v) is 13.1. The van der Waals surface area contributed by atoms with Crippen LogP contribution in [0.1, 0.15) is 51.6 Å². The van der Waals surface area contributed by atoms with Crippen LogP contribution in [-0.4, -0.2) is 19.8 Å². The molecule has 0 heterocycles. The van der Waals surface area contributed by atoms with Gasteiger partial charge in [0, 0.05) is 6.61 Å². The largest absolute Gasteiger partial charge is 0.494 e. The number of rotatable bonds is 10. The summed E-state index contributed by atoms with van der Waals surface area (Å²) in [6, 6.07) is 7.93. The van der Waals surface area contributed by atoms with Gasteiger partial charge in [-0.3, -0.25) is 0 Å². The number of hydrogen-bond donors (Lipinski definition) is 1. The Kier molecular flexibility index (Phi) is 8.31. The molecule has 0 radical (unpaired) electrons. The maximum atomic E-state index is 6.12. The molecule has 20 heavy (non-hydrogen) atoms. The Morgan fingerprint density at radius 3 is 2.40 bits per heavy atom. The van der Waals surface area contributed by atoms with Crippen molar-refractivity contribution < 1.29 is 9.47 Å². The maximum absolute atomic E-state index is 6.12. The van der Waals surface area contributed by atoms with Gasteiger partial charge in [0.25, 0.3) is 0 Å². The molecule has 114 valence electrons. The van der Waals surface area contributed by atoms with E-state index in [-0.39, 0.29) is 6.04 Å². The SMILES string of the molecule is CCCOc1ccc(C(N)COCCCC(C)C)cc1. The minimum Gasteiger partial charge on any atom is -0.494 e. The van der Waals surface area contributed by atoms with Gasteiger partial charge in [-0.2, -0.15) is 0 Å². The van der Waals surface area contributed by atoms with Crippen LogP contribution in [0.3, 0.4) is 0 Å². The van der Waals surface area contributed by atoms with E-state index in [0.29, 0.717) is 6.61 Å². The van der Waals surface area contributed by atoms with Crippen molar-refractivity contribution in [2.24, 2.45) is 11.7 Å². The van der Waals surface area contributed by atoms with Gasteiger partial charge in [-0.15, -0.1) is 0 Å². The van der Waals surface area contributed by atoms with Gasteiger partial charge in [-0.25, -0.2) is 0 Å². The van der Waals surface area contributed by atoms with Gasteiger partial charge in [0.1, 0.15) is 5.75 Å². The van der Waals surface area contributed by atoms with E-state index in [1.165, 1.54) is 6.42 Å². The molecule has 0 bridgehead atoms. The topological polar surface area (TPSA) is 44.5 Å². The number of nitrogens with two attached hydrogens (primary N) is 1. The molecule has 3 nitrogen and oxygen atoms in total. The van der Waals surface area contributed by atoms with Crippen LogP contribution in [0.25, 0.3) is 0 Å². The molecule has 1 aromatic carbocycles. The van der Waals surface area contributed by atoms with Crippen LogP contribution in [-0.2, 0) is 4.74 Å². The Hall–Kier alpha value is -1.06. The zero-order valence-electron chi connectivity index (χ0n) is 13.1. The highest BCUT2D eigenvalue weighted by Crippen LogP contribution is 2.17. The van der Waals surface area contributed by atoms with Crippen molar-refractivity contribution in [1.82, 2.24) is 0 Å². The molecule has 1 unspecified atom stereocenters. The molecule has 0 amide bonds. The van der Waals surface area contributed by atoms with Gasteiger partial charge in [0.2, 0.25) is 0 Å². The van der Waals surface area contributed by atoms with Crippen LogP contribution in [0.5, 0.6) is 5.75 Å². The van der Waals surface area contributed by atoms with E-state index in [0.717, 1.165) is 43.3 Å². The lowest BCUT2D eigenvalue weighted by Gasteiger charge is -2.14. The van der Waals surface area contributed by atoms with Crippen LogP contribution in [0.15, 0.2) is 24.3 Å². The average molecular weight is 279 g/mol. The highest BCUT2D eigenvalue weighted by Gasteiger charge is 2.06. The molecule has 0 spiro atoms. The first-order valence-electron chi connectivity index (χ1n) is 7.69. The number of ether oxygens (including phenoxy) is 2. The average Bonchev–Trinajstić information content (AvgIpc) is 2.44. The van der Waals surface area contributed by atoms with E-state index in [9.17, 15) is 0 Å². The highest BCUT2D eigenvalue weighted by molar-refractivity contribution is 5.29. The minimum atomic E-state index is -0.0609. The number of benzene rings is 1. The number of hydrogen-bond acceptors (Lipinski definition) is 3. The fourth-order valence-corrected chi connectivity index (χ4v) is 1.93. The Morgan fingerprint density at radius 2 is 1.80 bits per heavy atom. The van der Waals surface area contributed by atoms with Gasteiger partial charge >= 0.3 is 0 Å². The monoisotopic (exact) mass is 279 g/mol. The highest BCUT2D eigenvalue weighted by atomic mass is 16.5. The van der Waals surface area contributed by atoms with E-state index in [4.69, 9.17) is 15.2 Å². The molecule has 0 aromatic heterocycles. The molecule has 0 aliphatic rings. The Morgan fingerprint density at radius 1 is 1.10 bits per heavy atom. The summed E-state index contributed by atoms with van der Waals surface area (Å²) >= 11 is 0. The second-order valence-corrected chi connectivity index (χ2v) is 5.63. The first-order valence-corrected chi connectivity index (χ1v) is 7.69. The van der Waals surface area contributed by atoms with Gasteiger partial charge in [-0.05, 0) is 42.9 Å². The standard InChI is InChI=1S/C17H29NO2/c1-4-11-20-16-9-7-15(8-10-16)17(18)13-19-12-5-6-14(2)3/h7-10,14,17H,4-6,11-13,18H2,1-3H3. The second kappa shape index (κ2) is 9.78. The quantitative estimate of drug-likeness (QED) is 0.660. The predicted molar refractivity (Wildman–Crippen MR) is 84.0 cm³/mol. The van der Waals surface area contributed by atoms with Gasteiger partial charge < -0.3 is 15.2 Å². The minimum absolute atomic E-state index is 0.0609. The van der Waals surface area contributed by atoms with Crippen LogP contribution in [0.2, 0.25) is 0 Å². The second-order valence-electron chi connectivity index (χ2n) is 5.63. The van der Waals surface area contributed by atoms with Crippen LogP contribution in [0.4, 0.5) is 0 Å². The van der Waals surface area contributed by atoms with E-state index >= 15 is 0 Å². The molecular weight excluding hydrogens is 250 g/mol. The predicted octanol–water partition coefficient (Wildman–Crippen LogP) is 3.93. The Balaban J connectivity index is 2.26. The fourth-order valence-electron chi connectivity index (χ4n) is 1.93. The van der Waals surface area contributed by atoms with Crippen molar-refractivity contribution in [3.63, 3.8) is 0 Å². The molecular formula is C17H29NO2. The lowest BCUT2D eigenvalue weighted by atomic mass is 10.1. The third-order valence-electron chi connectivity index (χ3n) is 3.15. The molecule has 0 saturated heterocycles. The van der Waals surface area contributed by atoms with Crippen molar-refractivity contribution >= 4 is 0 Å². The summed E-state index contributed by atoms with van der Waals surface area (Å²) in [5.74, 6) is 1.64. The summed E-state index contributed by atoms with van der Waals surface area (Å²) in [6.07, 6.45) is 3.33. The van der Waals surface area contributed by atoms with Crippen molar-refractivity contribution in [3.8, 4) is 5.75 Å². The molecule has 0 aliphatic heterocycles. The molecule has 0 aliphatic carbocycles. The van der Waals surface area contributed by atoms with E-state index < -0.39 is 0 Å². The summed E-state index contributed by atoms with van der Waals surface area (Å²) in [5, 5.41) is 0. The first-order chi connectivity index (χ1) is 9.63. The van der Waals surface area contributed by atoms with Crippen molar-refractivity contribution in [1.29, 1.82) is 0 Å². The van der Waals surface area contributed by atoms with Crippen molar-refractivity contribution in [3.05, 3.63) is 29.8 Å². The normalized spacial score (nSPS) is 12.7. The first kappa shape index (κ1) is 17.0. The third kappa shape index (κ3) is 6.92.